The number of hydrogen-bond donors (Lipinski definition) is 0. The molecule has 0 aliphatic heterocycles. The average molecular weight is 223 g/mol. The maximum absolute atomic E-state index is 8.97. The van der Waals surface area contributed by atoms with Gasteiger partial charge in [0.1, 0.15) is 18.3 Å². The zero-order chi connectivity index (χ0) is 12.3. The van der Waals surface area contributed by atoms with Gasteiger partial charge < -0.3 is 0 Å². The summed E-state index contributed by atoms with van der Waals surface area (Å²) in [6.07, 6.45) is 0. The molecule has 0 N–H and O–H groups in total. The second-order valence-corrected chi connectivity index (χ2v) is 3.58. The Morgan fingerprint density at radius 2 is 1.94 bits per heavy atom. The van der Waals surface area contributed by atoms with E-state index in [0.717, 1.165) is 11.1 Å². The molecule has 2 aromatic rings. The van der Waals surface area contributed by atoms with E-state index >= 15 is 0 Å². The van der Waals surface area contributed by atoms with Crippen molar-refractivity contribution in [3.63, 3.8) is 0 Å². The van der Waals surface area contributed by atoms with Gasteiger partial charge in [-0.2, -0.15) is 10.5 Å². The average Bonchev–Trinajstić information content (AvgIpc) is 2.74. The highest BCUT2D eigenvalue weighted by molar-refractivity contribution is 5.65. The first-order valence-electron chi connectivity index (χ1n) is 5.04. The van der Waals surface area contributed by atoms with E-state index in [4.69, 9.17) is 10.5 Å². The van der Waals surface area contributed by atoms with E-state index < -0.39 is 0 Å². The summed E-state index contributed by atoms with van der Waals surface area (Å²) in [5.74, 6) is 0. The Morgan fingerprint density at radius 1 is 1.24 bits per heavy atom. The fourth-order valence-corrected chi connectivity index (χ4v) is 1.56. The fourth-order valence-electron chi connectivity index (χ4n) is 1.56. The molecule has 1 heterocycles. The summed E-state index contributed by atoms with van der Waals surface area (Å²) >= 11 is 0. The third-order valence-corrected chi connectivity index (χ3v) is 2.39. The molecule has 0 atom stereocenters. The number of hydrogen-bond acceptors (Lipinski definition) is 4. The largest absolute Gasteiger partial charge is 0.229 e. The van der Waals surface area contributed by atoms with Crippen LogP contribution in [0, 0.1) is 29.6 Å². The number of benzene rings is 1. The van der Waals surface area contributed by atoms with Gasteiger partial charge in [-0.1, -0.05) is 35.0 Å². The van der Waals surface area contributed by atoms with Crippen molar-refractivity contribution in [3.8, 4) is 23.4 Å². The zero-order valence-corrected chi connectivity index (χ0v) is 9.25. The van der Waals surface area contributed by atoms with Gasteiger partial charge in [-0.25, -0.2) is 4.68 Å². The third-order valence-electron chi connectivity index (χ3n) is 2.39. The Morgan fingerprint density at radius 3 is 2.53 bits per heavy atom. The van der Waals surface area contributed by atoms with Crippen LogP contribution in [0.2, 0.25) is 0 Å². The molecule has 0 unspecified atom stereocenters. The highest BCUT2D eigenvalue weighted by Crippen LogP contribution is 2.21. The van der Waals surface area contributed by atoms with Crippen molar-refractivity contribution < 1.29 is 0 Å². The van der Waals surface area contributed by atoms with E-state index in [9.17, 15) is 0 Å². The topological polar surface area (TPSA) is 78.3 Å². The van der Waals surface area contributed by atoms with E-state index in [1.807, 2.05) is 43.3 Å². The molecule has 0 aliphatic rings. The second kappa shape index (κ2) is 4.46. The molecule has 5 heteroatoms. The van der Waals surface area contributed by atoms with Crippen LogP contribution >= 0.6 is 0 Å². The summed E-state index contributed by atoms with van der Waals surface area (Å²) in [5, 5.41) is 25.2. The summed E-state index contributed by atoms with van der Waals surface area (Å²) in [5.41, 5.74) is 2.80. The summed E-state index contributed by atoms with van der Waals surface area (Å²) < 4.78 is 1.43. The standard InChI is InChI=1S/C12H9N5/c1-9-2-4-10(5-3-9)12-11(8-14)15-16-17(12)7-6-13/h2-5H,7H2,1H3. The highest BCUT2D eigenvalue weighted by atomic mass is 15.4. The molecule has 17 heavy (non-hydrogen) atoms. The summed E-state index contributed by atoms with van der Waals surface area (Å²) in [4.78, 5) is 0. The molecule has 0 fully saturated rings. The van der Waals surface area contributed by atoms with Crippen molar-refractivity contribution >= 4 is 0 Å². The van der Waals surface area contributed by atoms with Crippen molar-refractivity contribution in [1.29, 1.82) is 10.5 Å². The van der Waals surface area contributed by atoms with Gasteiger partial charge in [-0.15, -0.1) is 5.10 Å². The Labute approximate surface area is 98.5 Å². The monoisotopic (exact) mass is 223 g/mol. The van der Waals surface area contributed by atoms with Crippen LogP contribution in [-0.4, -0.2) is 15.0 Å². The lowest BCUT2D eigenvalue weighted by molar-refractivity contribution is 0.674. The SMILES string of the molecule is Cc1ccc(-c2c(C#N)nnn2CC#N)cc1. The van der Waals surface area contributed by atoms with Crippen LogP contribution in [0.4, 0.5) is 0 Å². The minimum absolute atomic E-state index is 0.0812. The van der Waals surface area contributed by atoms with Gasteiger partial charge in [0.15, 0.2) is 5.69 Å². The maximum Gasteiger partial charge on any atom is 0.190 e. The zero-order valence-electron chi connectivity index (χ0n) is 9.25. The van der Waals surface area contributed by atoms with Gasteiger partial charge in [0.25, 0.3) is 0 Å². The Kier molecular flexibility index (Phi) is 2.85. The fraction of sp³-hybridized carbons (Fsp3) is 0.167. The van der Waals surface area contributed by atoms with Crippen LogP contribution in [0.5, 0.6) is 0 Å². The van der Waals surface area contributed by atoms with Gasteiger partial charge in [0.05, 0.1) is 6.07 Å². The molecule has 0 amide bonds. The Balaban J connectivity index is 2.57. The number of nitrogens with zero attached hydrogens (tertiary/aromatic N) is 5. The van der Waals surface area contributed by atoms with E-state index in [1.165, 1.54) is 4.68 Å². The highest BCUT2D eigenvalue weighted by Gasteiger charge is 2.14. The van der Waals surface area contributed by atoms with E-state index in [-0.39, 0.29) is 12.2 Å². The molecule has 0 bridgehead atoms. The summed E-state index contributed by atoms with van der Waals surface area (Å²) in [7, 11) is 0. The van der Waals surface area contributed by atoms with E-state index in [0.29, 0.717) is 5.69 Å². The van der Waals surface area contributed by atoms with Crippen molar-refractivity contribution in [2.45, 2.75) is 13.5 Å². The lowest BCUT2D eigenvalue weighted by Gasteiger charge is -2.03. The van der Waals surface area contributed by atoms with Gasteiger partial charge >= 0.3 is 0 Å². The molecule has 1 aromatic carbocycles. The molecule has 0 spiro atoms. The van der Waals surface area contributed by atoms with Gasteiger partial charge in [0.2, 0.25) is 0 Å². The van der Waals surface area contributed by atoms with Gasteiger partial charge in [-0.3, -0.25) is 0 Å². The molecule has 5 nitrogen and oxygen atoms in total. The first-order valence-corrected chi connectivity index (χ1v) is 5.04. The maximum atomic E-state index is 8.97. The van der Waals surface area contributed by atoms with Crippen LogP contribution in [0.3, 0.4) is 0 Å². The number of aromatic nitrogens is 3. The molecular formula is C12H9N5. The molecule has 2 rings (SSSR count). The third kappa shape index (κ3) is 1.99. The summed E-state index contributed by atoms with van der Waals surface area (Å²) in [6, 6.07) is 11.7. The quantitative estimate of drug-likeness (QED) is 0.775. The van der Waals surface area contributed by atoms with Gasteiger partial charge in [-0.05, 0) is 6.92 Å². The lowest BCUT2D eigenvalue weighted by Crippen LogP contribution is -2.01. The predicted octanol–water partition coefficient (Wildman–Crippen LogP) is 1.65. The molecule has 0 saturated carbocycles. The van der Waals surface area contributed by atoms with Crippen LogP contribution < -0.4 is 0 Å². The van der Waals surface area contributed by atoms with Crippen LogP contribution in [-0.2, 0) is 6.54 Å². The summed E-state index contributed by atoms with van der Waals surface area (Å²) in [6.45, 7) is 2.07. The number of rotatable bonds is 2. The van der Waals surface area contributed by atoms with Gasteiger partial charge in [0, 0.05) is 5.56 Å². The number of nitriles is 2. The normalized spacial score (nSPS) is 9.59. The Hall–Kier alpha value is -2.66. The molecule has 82 valence electrons. The minimum atomic E-state index is 0.0812. The smallest absolute Gasteiger partial charge is 0.190 e. The van der Waals surface area contributed by atoms with Crippen molar-refractivity contribution in [2.75, 3.05) is 0 Å². The van der Waals surface area contributed by atoms with Crippen LogP contribution in [0.15, 0.2) is 24.3 Å². The van der Waals surface area contributed by atoms with Crippen LogP contribution in [0.25, 0.3) is 11.3 Å². The molecular weight excluding hydrogens is 214 g/mol. The van der Waals surface area contributed by atoms with E-state index in [1.54, 1.807) is 0 Å². The molecule has 0 aliphatic carbocycles. The van der Waals surface area contributed by atoms with Crippen molar-refractivity contribution in [3.05, 3.63) is 35.5 Å². The van der Waals surface area contributed by atoms with Crippen molar-refractivity contribution in [2.24, 2.45) is 0 Å². The molecule has 0 radical (unpaired) electrons. The predicted molar refractivity (Wildman–Crippen MR) is 60.5 cm³/mol. The van der Waals surface area contributed by atoms with Crippen molar-refractivity contribution in [1.82, 2.24) is 15.0 Å². The van der Waals surface area contributed by atoms with Crippen LogP contribution in [0.1, 0.15) is 11.3 Å². The molecule has 0 saturated heterocycles. The first kappa shape index (κ1) is 10.8. The Bertz CT molecular complexity index is 610. The number of aryl methyl sites for hydroxylation is 1. The van der Waals surface area contributed by atoms with E-state index in [2.05, 4.69) is 10.3 Å². The second-order valence-electron chi connectivity index (χ2n) is 3.58. The minimum Gasteiger partial charge on any atom is -0.229 e. The molecule has 1 aromatic heterocycles. The first-order chi connectivity index (χ1) is 8.26. The lowest BCUT2D eigenvalue weighted by atomic mass is 10.1.